The molecule has 0 saturated carbocycles. The predicted molar refractivity (Wildman–Crippen MR) is 127 cm³/mol. The Bertz CT molecular complexity index is 1560. The molecule has 4 aromatic rings. The van der Waals surface area contributed by atoms with Gasteiger partial charge in [0.15, 0.2) is 6.10 Å². The maximum absolute atomic E-state index is 15.3. The maximum Gasteiger partial charge on any atom is 0.425 e. The molecule has 1 atom stereocenters. The lowest BCUT2D eigenvalue weighted by Gasteiger charge is -2.20. The lowest BCUT2D eigenvalue weighted by Crippen LogP contribution is -2.32. The number of carbonyl (C=O) groups excluding carboxylic acids is 1. The largest absolute Gasteiger partial charge is 0.480 e. The van der Waals surface area contributed by atoms with Crippen LogP contribution in [0.5, 0.6) is 5.75 Å². The molecule has 2 aromatic carbocycles. The molecule has 37 heavy (non-hydrogen) atoms. The highest BCUT2D eigenvalue weighted by Gasteiger charge is 2.39. The number of aryl methyl sites for hydroxylation is 1. The SMILES string of the molecule is C[C@H](Oc1cc(-n2nc3n(c2=O)CCCC3)c(F)cc1C(=O)Nc1cccc2cccnc12)C(F)(F)F. The molecule has 2 aromatic heterocycles. The molecule has 1 aliphatic heterocycles. The highest BCUT2D eigenvalue weighted by Crippen LogP contribution is 2.31. The van der Waals surface area contributed by atoms with Gasteiger partial charge in [-0.05, 0) is 38.0 Å². The van der Waals surface area contributed by atoms with Crippen LogP contribution in [-0.4, -0.2) is 37.5 Å². The highest BCUT2D eigenvalue weighted by atomic mass is 19.4. The van der Waals surface area contributed by atoms with Crippen LogP contribution in [-0.2, 0) is 13.0 Å². The van der Waals surface area contributed by atoms with E-state index in [2.05, 4.69) is 15.4 Å². The summed E-state index contributed by atoms with van der Waals surface area (Å²) < 4.78 is 62.6. The van der Waals surface area contributed by atoms with Gasteiger partial charge in [0.2, 0.25) is 0 Å². The van der Waals surface area contributed by atoms with Crippen molar-refractivity contribution in [3.63, 3.8) is 0 Å². The van der Waals surface area contributed by atoms with Crippen molar-refractivity contribution in [3.05, 3.63) is 76.4 Å². The first-order valence-corrected chi connectivity index (χ1v) is 11.5. The Hall–Kier alpha value is -4.22. The van der Waals surface area contributed by atoms with E-state index < -0.39 is 46.7 Å². The summed E-state index contributed by atoms with van der Waals surface area (Å²) in [6, 6.07) is 10.1. The standard InChI is InChI=1S/C25H21F4N5O3/c1-14(25(27,28)29)37-20-13-19(34-24(36)33-11-3-2-9-21(33)32-34)17(26)12-16(20)23(35)31-18-8-4-6-15-7-5-10-30-22(15)18/h4-8,10,12-14H,2-3,9,11H2,1H3,(H,31,35)/t14-/m0/s1. The molecule has 1 N–H and O–H groups in total. The Kier molecular flexibility index (Phi) is 6.18. The summed E-state index contributed by atoms with van der Waals surface area (Å²) in [5, 5.41) is 7.46. The van der Waals surface area contributed by atoms with Crippen molar-refractivity contribution >= 4 is 22.5 Å². The van der Waals surface area contributed by atoms with Crippen LogP contribution in [0.3, 0.4) is 0 Å². The van der Waals surface area contributed by atoms with Crippen LogP contribution in [0.2, 0.25) is 0 Å². The lowest BCUT2D eigenvalue weighted by atomic mass is 10.1. The number of anilines is 1. The van der Waals surface area contributed by atoms with Gasteiger partial charge in [-0.15, -0.1) is 5.10 Å². The van der Waals surface area contributed by atoms with Gasteiger partial charge in [0, 0.05) is 30.6 Å². The molecule has 1 amide bonds. The lowest BCUT2D eigenvalue weighted by molar-refractivity contribution is -0.189. The average Bonchev–Trinajstić information content (AvgIpc) is 3.20. The number of hydrogen-bond acceptors (Lipinski definition) is 5. The van der Waals surface area contributed by atoms with Gasteiger partial charge in [-0.3, -0.25) is 14.3 Å². The van der Waals surface area contributed by atoms with Gasteiger partial charge in [0.05, 0.1) is 16.8 Å². The maximum atomic E-state index is 15.3. The summed E-state index contributed by atoms with van der Waals surface area (Å²) in [6.07, 6.45) is -3.49. The molecule has 1 aliphatic rings. The monoisotopic (exact) mass is 515 g/mol. The van der Waals surface area contributed by atoms with E-state index in [0.29, 0.717) is 29.7 Å². The molecular formula is C25H21F4N5O3. The van der Waals surface area contributed by atoms with E-state index in [-0.39, 0.29) is 5.69 Å². The van der Waals surface area contributed by atoms with Crippen molar-refractivity contribution < 1.29 is 27.1 Å². The number of alkyl halides is 3. The second-order valence-corrected chi connectivity index (χ2v) is 8.66. The van der Waals surface area contributed by atoms with Gasteiger partial charge in [0.25, 0.3) is 5.91 Å². The van der Waals surface area contributed by atoms with Crippen LogP contribution in [0.25, 0.3) is 16.6 Å². The van der Waals surface area contributed by atoms with Crippen molar-refractivity contribution in [2.24, 2.45) is 0 Å². The zero-order chi connectivity index (χ0) is 26.3. The van der Waals surface area contributed by atoms with E-state index in [1.165, 1.54) is 10.8 Å². The van der Waals surface area contributed by atoms with Gasteiger partial charge in [-0.2, -0.15) is 17.9 Å². The molecule has 3 heterocycles. The smallest absolute Gasteiger partial charge is 0.425 e. The molecule has 8 nitrogen and oxygen atoms in total. The van der Waals surface area contributed by atoms with Gasteiger partial charge >= 0.3 is 11.9 Å². The molecule has 0 bridgehead atoms. The van der Waals surface area contributed by atoms with Gasteiger partial charge < -0.3 is 10.1 Å². The van der Waals surface area contributed by atoms with Crippen LogP contribution in [0.1, 0.15) is 35.9 Å². The number of pyridine rings is 1. The minimum Gasteiger partial charge on any atom is -0.480 e. The number of hydrogen-bond donors (Lipinski definition) is 1. The van der Waals surface area contributed by atoms with Gasteiger partial charge in [-0.1, -0.05) is 18.2 Å². The fraction of sp³-hybridized carbons (Fsp3) is 0.280. The summed E-state index contributed by atoms with van der Waals surface area (Å²) >= 11 is 0. The number of rotatable bonds is 5. The van der Waals surface area contributed by atoms with Gasteiger partial charge in [0.1, 0.15) is 23.1 Å². The van der Waals surface area contributed by atoms with Crippen molar-refractivity contribution in [3.8, 4) is 11.4 Å². The zero-order valence-electron chi connectivity index (χ0n) is 19.6. The summed E-state index contributed by atoms with van der Waals surface area (Å²) in [4.78, 5) is 30.2. The molecule has 0 aliphatic carbocycles. The molecule has 0 unspecified atom stereocenters. The van der Waals surface area contributed by atoms with Gasteiger partial charge in [-0.25, -0.2) is 9.18 Å². The Morgan fingerprint density at radius 3 is 2.70 bits per heavy atom. The van der Waals surface area contributed by atoms with Crippen LogP contribution in [0, 0.1) is 5.82 Å². The van der Waals surface area contributed by atoms with Crippen molar-refractivity contribution in [1.29, 1.82) is 0 Å². The topological polar surface area (TPSA) is 91.0 Å². The van der Waals surface area contributed by atoms with Crippen molar-refractivity contribution in [1.82, 2.24) is 19.3 Å². The van der Waals surface area contributed by atoms with E-state index in [1.54, 1.807) is 30.3 Å². The molecule has 0 fully saturated rings. The second-order valence-electron chi connectivity index (χ2n) is 8.66. The van der Waals surface area contributed by atoms with Crippen LogP contribution in [0.15, 0.2) is 53.5 Å². The Labute approximate surface area is 207 Å². The van der Waals surface area contributed by atoms with Crippen LogP contribution >= 0.6 is 0 Å². The number of nitrogens with zero attached hydrogens (tertiary/aromatic N) is 4. The fourth-order valence-corrected chi connectivity index (χ4v) is 4.19. The molecule has 0 saturated heterocycles. The quantitative estimate of drug-likeness (QED) is 0.391. The third-order valence-electron chi connectivity index (χ3n) is 6.14. The first-order chi connectivity index (χ1) is 17.6. The first kappa shape index (κ1) is 24.5. The van der Waals surface area contributed by atoms with Crippen LogP contribution < -0.4 is 15.7 Å². The van der Waals surface area contributed by atoms with Crippen molar-refractivity contribution in [2.45, 2.75) is 45.0 Å². The zero-order valence-corrected chi connectivity index (χ0v) is 19.6. The number of halogens is 4. The van der Waals surface area contributed by atoms with Crippen LogP contribution in [0.4, 0.5) is 23.2 Å². The summed E-state index contributed by atoms with van der Waals surface area (Å²) in [7, 11) is 0. The normalized spacial score (nSPS) is 14.3. The number of ether oxygens (including phenoxy) is 1. The number of carbonyl (C=O) groups is 1. The third kappa shape index (κ3) is 4.66. The molecule has 12 heteroatoms. The minimum atomic E-state index is -4.76. The number of aromatic nitrogens is 4. The fourth-order valence-electron chi connectivity index (χ4n) is 4.19. The number of benzene rings is 2. The average molecular weight is 515 g/mol. The van der Waals surface area contributed by atoms with E-state index in [9.17, 15) is 22.8 Å². The minimum absolute atomic E-state index is 0.278. The number of para-hydroxylation sites is 1. The van der Waals surface area contributed by atoms with E-state index in [0.717, 1.165) is 36.6 Å². The van der Waals surface area contributed by atoms with E-state index in [1.807, 2.05) is 0 Å². The second kappa shape index (κ2) is 9.34. The number of amides is 1. The number of fused-ring (bicyclic) bond motifs is 2. The molecule has 0 radical (unpaired) electrons. The summed E-state index contributed by atoms with van der Waals surface area (Å²) in [6.45, 7) is 1.17. The highest BCUT2D eigenvalue weighted by molar-refractivity contribution is 6.09. The Morgan fingerprint density at radius 1 is 1.16 bits per heavy atom. The molecule has 0 spiro atoms. The first-order valence-electron chi connectivity index (χ1n) is 11.5. The van der Waals surface area contributed by atoms with Crippen molar-refractivity contribution in [2.75, 3.05) is 5.32 Å². The molecular weight excluding hydrogens is 494 g/mol. The van der Waals surface area contributed by atoms with E-state index >= 15 is 4.39 Å². The Morgan fingerprint density at radius 2 is 1.95 bits per heavy atom. The predicted octanol–water partition coefficient (Wildman–Crippen LogP) is 4.64. The number of nitrogens with one attached hydrogen (secondary N) is 1. The third-order valence-corrected chi connectivity index (χ3v) is 6.14. The van der Waals surface area contributed by atoms with E-state index in [4.69, 9.17) is 4.74 Å². The molecule has 5 rings (SSSR count). The summed E-state index contributed by atoms with van der Waals surface area (Å²) in [5.74, 6) is -2.04. The molecule has 192 valence electrons. The Balaban J connectivity index is 1.59. The summed E-state index contributed by atoms with van der Waals surface area (Å²) in [5.41, 5.74) is -0.804.